The van der Waals surface area contributed by atoms with Crippen LogP contribution in [0.5, 0.6) is 0 Å². The van der Waals surface area contributed by atoms with Gasteiger partial charge in [0.1, 0.15) is 0 Å². The summed E-state index contributed by atoms with van der Waals surface area (Å²) in [7, 11) is 0. The predicted octanol–water partition coefficient (Wildman–Crippen LogP) is 13.3. The summed E-state index contributed by atoms with van der Waals surface area (Å²) < 4.78 is 0. The van der Waals surface area contributed by atoms with Crippen molar-refractivity contribution < 1.29 is 0 Å². The van der Waals surface area contributed by atoms with E-state index in [0.717, 1.165) is 0 Å². The van der Waals surface area contributed by atoms with Gasteiger partial charge in [-0.3, -0.25) is 0 Å². The second-order valence-electron chi connectivity index (χ2n) is 20.1. The summed E-state index contributed by atoms with van der Waals surface area (Å²) in [6.45, 7) is 62.2. The highest BCUT2D eigenvalue weighted by molar-refractivity contribution is 5.32. The van der Waals surface area contributed by atoms with Gasteiger partial charge in [-0.05, 0) is 71.4 Å². The molecule has 0 heteroatoms. The van der Waals surface area contributed by atoms with Crippen LogP contribution < -0.4 is 0 Å². The Morgan fingerprint density at radius 1 is 0.564 bits per heavy atom. The highest BCUT2D eigenvalue weighted by Gasteiger charge is 2.85. The molecule has 1 aliphatic rings. The Kier molecular flexibility index (Phi) is 9.02. The van der Waals surface area contributed by atoms with Crippen molar-refractivity contribution in [2.24, 2.45) is 71.4 Å². The first-order valence-corrected chi connectivity index (χ1v) is 16.7. The number of rotatable bonds is 9. The highest BCUT2D eigenvalue weighted by atomic mass is 14.9. The summed E-state index contributed by atoms with van der Waals surface area (Å²) in [6, 6.07) is 0. The highest BCUT2D eigenvalue weighted by Crippen LogP contribution is 2.90. The fourth-order valence-electron chi connectivity index (χ4n) is 11.5. The molecule has 1 fully saturated rings. The Balaban J connectivity index is 4.46. The van der Waals surface area contributed by atoms with Crippen molar-refractivity contribution in [1.82, 2.24) is 0 Å². The van der Waals surface area contributed by atoms with Gasteiger partial charge < -0.3 is 0 Å². The van der Waals surface area contributed by atoms with Crippen molar-refractivity contribution in [2.45, 2.75) is 179 Å². The van der Waals surface area contributed by atoms with Crippen LogP contribution >= 0.6 is 0 Å². The average molecular weight is 547 g/mol. The van der Waals surface area contributed by atoms with E-state index in [1.165, 1.54) is 12.8 Å². The molecule has 0 aliphatic heterocycles. The summed E-state index contributed by atoms with van der Waals surface area (Å²) in [6.07, 6.45) is 2.44. The van der Waals surface area contributed by atoms with Gasteiger partial charge in [0.25, 0.3) is 0 Å². The number of hydrogen-bond acceptors (Lipinski definition) is 0. The van der Waals surface area contributed by atoms with Gasteiger partial charge in [-0.15, -0.1) is 0 Å². The second kappa shape index (κ2) is 9.50. The maximum Gasteiger partial charge on any atom is -0.0146 e. The third kappa shape index (κ3) is 3.86. The molecule has 0 saturated heterocycles. The standard InChI is InChI=1S/C39H78/c1-25-28-37(22,30(8,9)10)39(24,33(15,16)31(11,12)26-2)38(28,23)36(21,27(3)4)35(19,20)34(17,18)32(13,14)29(5,6)7/h27-28H,25-26H2,1-24H3. The lowest BCUT2D eigenvalue weighted by atomic mass is 9.15. The summed E-state index contributed by atoms with van der Waals surface area (Å²) in [4.78, 5) is 0. The molecule has 1 saturated carbocycles. The summed E-state index contributed by atoms with van der Waals surface area (Å²) in [5.74, 6) is 1.19. The van der Waals surface area contributed by atoms with Crippen LogP contribution in [0.3, 0.4) is 0 Å². The Morgan fingerprint density at radius 3 is 1.21 bits per heavy atom. The van der Waals surface area contributed by atoms with Crippen molar-refractivity contribution in [3.63, 3.8) is 0 Å². The molecule has 0 aromatic rings. The SMILES string of the molecule is CCC1C(C)(C(C)(C)C)C(C)(C(C)(C)C(C)(C)CC)C1(C)C(C)(C(C)C)C(C)(C)C(C)(C)C(C)(C)C(C)(C)C. The van der Waals surface area contributed by atoms with Gasteiger partial charge >= 0.3 is 0 Å². The summed E-state index contributed by atoms with van der Waals surface area (Å²) in [5.41, 5.74) is 1.60. The topological polar surface area (TPSA) is 0 Å². The van der Waals surface area contributed by atoms with Crippen LogP contribution in [0.4, 0.5) is 0 Å². The fourth-order valence-corrected chi connectivity index (χ4v) is 11.5. The monoisotopic (exact) mass is 547 g/mol. The molecule has 5 atom stereocenters. The minimum Gasteiger partial charge on any atom is -0.0651 e. The Labute approximate surface area is 250 Å². The maximum atomic E-state index is 2.78. The van der Waals surface area contributed by atoms with Crippen molar-refractivity contribution >= 4 is 0 Å². The van der Waals surface area contributed by atoms with Crippen LogP contribution in [0.2, 0.25) is 0 Å². The van der Waals surface area contributed by atoms with Crippen molar-refractivity contribution in [1.29, 1.82) is 0 Å². The number of hydrogen-bond donors (Lipinski definition) is 0. The Morgan fingerprint density at radius 2 is 0.949 bits per heavy atom. The van der Waals surface area contributed by atoms with Gasteiger partial charge in [-0.1, -0.05) is 179 Å². The molecule has 39 heavy (non-hydrogen) atoms. The van der Waals surface area contributed by atoms with Crippen molar-refractivity contribution in [2.75, 3.05) is 0 Å². The first-order valence-electron chi connectivity index (χ1n) is 16.7. The molecule has 1 rings (SSSR count). The lowest BCUT2D eigenvalue weighted by Crippen LogP contribution is -2.84. The average Bonchev–Trinajstić information content (AvgIpc) is 2.75. The van der Waals surface area contributed by atoms with Crippen LogP contribution in [-0.4, -0.2) is 0 Å². The molecule has 5 unspecified atom stereocenters. The zero-order valence-corrected chi connectivity index (χ0v) is 32.1. The first kappa shape index (κ1) is 37.0. The molecule has 234 valence electrons. The predicted molar refractivity (Wildman–Crippen MR) is 179 cm³/mol. The Hall–Kier alpha value is 0. The summed E-state index contributed by atoms with van der Waals surface area (Å²) in [5, 5.41) is 0. The molecule has 1 aliphatic carbocycles. The molecule has 0 aromatic carbocycles. The summed E-state index contributed by atoms with van der Waals surface area (Å²) >= 11 is 0. The largest absolute Gasteiger partial charge is 0.0651 e. The van der Waals surface area contributed by atoms with Crippen LogP contribution in [0.25, 0.3) is 0 Å². The van der Waals surface area contributed by atoms with E-state index in [9.17, 15) is 0 Å². The van der Waals surface area contributed by atoms with Crippen LogP contribution in [0.15, 0.2) is 0 Å². The van der Waals surface area contributed by atoms with E-state index >= 15 is 0 Å². The van der Waals surface area contributed by atoms with Crippen LogP contribution in [0, 0.1) is 71.4 Å². The van der Waals surface area contributed by atoms with Crippen LogP contribution in [-0.2, 0) is 0 Å². The Bertz CT molecular complexity index is 878. The molecule has 0 spiro atoms. The molecule has 0 radical (unpaired) electrons. The van der Waals surface area contributed by atoms with E-state index < -0.39 is 0 Å². The zero-order chi connectivity index (χ0) is 32.1. The van der Waals surface area contributed by atoms with Gasteiger partial charge in [-0.25, -0.2) is 0 Å². The van der Waals surface area contributed by atoms with Gasteiger partial charge in [0, 0.05) is 0 Å². The van der Waals surface area contributed by atoms with Gasteiger partial charge in [0.2, 0.25) is 0 Å². The molecule has 0 N–H and O–H groups in total. The minimum absolute atomic E-state index is 0.0695. The lowest BCUT2D eigenvalue weighted by Gasteiger charge is -2.89. The lowest BCUT2D eigenvalue weighted by molar-refractivity contribution is -0.417. The second-order valence-corrected chi connectivity index (χ2v) is 20.1. The normalized spacial score (nSPS) is 31.8. The third-order valence-corrected chi connectivity index (χ3v) is 17.8. The molecule has 0 nitrogen and oxygen atoms in total. The van der Waals surface area contributed by atoms with E-state index in [-0.39, 0.29) is 59.6 Å². The van der Waals surface area contributed by atoms with Crippen molar-refractivity contribution in [3.05, 3.63) is 0 Å². The molecule has 0 bridgehead atoms. The van der Waals surface area contributed by atoms with Gasteiger partial charge in [0.15, 0.2) is 0 Å². The van der Waals surface area contributed by atoms with Crippen molar-refractivity contribution in [3.8, 4) is 0 Å². The first-order chi connectivity index (χ1) is 16.7. The molecule has 0 aromatic heterocycles. The quantitative estimate of drug-likeness (QED) is 0.270. The maximum absolute atomic E-state index is 2.78. The van der Waals surface area contributed by atoms with E-state index in [2.05, 4.69) is 166 Å². The van der Waals surface area contributed by atoms with Gasteiger partial charge in [-0.2, -0.15) is 0 Å². The van der Waals surface area contributed by atoms with Gasteiger partial charge in [0.05, 0.1) is 0 Å². The van der Waals surface area contributed by atoms with E-state index in [4.69, 9.17) is 0 Å². The zero-order valence-electron chi connectivity index (χ0n) is 32.1. The van der Waals surface area contributed by atoms with E-state index in [1.54, 1.807) is 0 Å². The molecule has 0 heterocycles. The molecular weight excluding hydrogens is 468 g/mol. The third-order valence-electron chi connectivity index (χ3n) is 17.8. The molecular formula is C39H78. The smallest absolute Gasteiger partial charge is 0.0146 e. The van der Waals surface area contributed by atoms with Crippen LogP contribution in [0.1, 0.15) is 179 Å². The molecule has 0 amide bonds. The van der Waals surface area contributed by atoms with E-state index in [1.807, 2.05) is 0 Å². The minimum atomic E-state index is 0.0695. The fraction of sp³-hybridized carbons (Fsp3) is 1.00. The van der Waals surface area contributed by atoms with E-state index in [0.29, 0.717) is 11.8 Å².